The molecule has 2 nitrogen and oxygen atoms in total. The van der Waals surface area contributed by atoms with Gasteiger partial charge >= 0.3 is 0 Å². The standard InChI is InChI=1S/C17H25NO/c1-2-19-15-9-5-4-8-14(15)18-16-10-13-17(16)11-6-3-7-12-17/h4-5,8-9,16,18H,2-3,6-7,10-13H2,1H3. The van der Waals surface area contributed by atoms with Crippen molar-refractivity contribution in [1.29, 1.82) is 0 Å². The van der Waals surface area contributed by atoms with E-state index in [1.807, 2.05) is 13.0 Å². The van der Waals surface area contributed by atoms with Gasteiger partial charge in [0, 0.05) is 6.04 Å². The van der Waals surface area contributed by atoms with Gasteiger partial charge in [0.05, 0.1) is 12.3 Å². The first kappa shape index (κ1) is 12.8. The molecule has 1 N–H and O–H groups in total. The van der Waals surface area contributed by atoms with Crippen molar-refractivity contribution in [1.82, 2.24) is 0 Å². The third-order valence-corrected chi connectivity index (χ3v) is 5.04. The Bertz CT molecular complexity index is 423. The van der Waals surface area contributed by atoms with Crippen molar-refractivity contribution < 1.29 is 4.74 Å². The molecular weight excluding hydrogens is 234 g/mol. The smallest absolute Gasteiger partial charge is 0.142 e. The summed E-state index contributed by atoms with van der Waals surface area (Å²) in [7, 11) is 0. The second-order valence-corrected chi connectivity index (χ2v) is 6.09. The Morgan fingerprint density at radius 3 is 2.63 bits per heavy atom. The molecule has 2 saturated carbocycles. The molecule has 104 valence electrons. The minimum absolute atomic E-state index is 0.595. The van der Waals surface area contributed by atoms with Gasteiger partial charge in [0.15, 0.2) is 0 Å². The molecule has 1 atom stereocenters. The average molecular weight is 259 g/mol. The Kier molecular flexibility index (Phi) is 3.67. The molecule has 1 aromatic rings. The number of para-hydroxylation sites is 2. The molecule has 1 unspecified atom stereocenters. The highest BCUT2D eigenvalue weighted by atomic mass is 16.5. The Labute approximate surface area is 116 Å². The lowest BCUT2D eigenvalue weighted by Crippen LogP contribution is -2.50. The third kappa shape index (κ3) is 2.45. The summed E-state index contributed by atoms with van der Waals surface area (Å²) in [6, 6.07) is 9.02. The maximum absolute atomic E-state index is 5.72. The number of nitrogens with one attached hydrogen (secondary N) is 1. The number of benzene rings is 1. The molecule has 2 aliphatic carbocycles. The highest BCUT2D eigenvalue weighted by molar-refractivity contribution is 5.57. The fourth-order valence-electron chi connectivity index (χ4n) is 3.83. The van der Waals surface area contributed by atoms with Gasteiger partial charge in [0.25, 0.3) is 0 Å². The number of hydrogen-bond acceptors (Lipinski definition) is 2. The quantitative estimate of drug-likeness (QED) is 0.852. The van der Waals surface area contributed by atoms with E-state index in [1.54, 1.807) is 0 Å². The van der Waals surface area contributed by atoms with Crippen molar-refractivity contribution in [2.45, 2.75) is 57.9 Å². The van der Waals surface area contributed by atoms with Crippen molar-refractivity contribution in [3.05, 3.63) is 24.3 Å². The molecule has 0 aromatic heterocycles. The molecule has 2 aliphatic rings. The lowest BCUT2D eigenvalue weighted by atomic mass is 9.57. The summed E-state index contributed by atoms with van der Waals surface area (Å²) in [5.74, 6) is 1.00. The first-order valence-electron chi connectivity index (χ1n) is 7.82. The monoisotopic (exact) mass is 259 g/mol. The fraction of sp³-hybridized carbons (Fsp3) is 0.647. The van der Waals surface area contributed by atoms with Crippen LogP contribution in [-0.2, 0) is 0 Å². The van der Waals surface area contributed by atoms with Crippen LogP contribution >= 0.6 is 0 Å². The second-order valence-electron chi connectivity index (χ2n) is 6.09. The van der Waals surface area contributed by atoms with Crippen molar-refractivity contribution in [2.24, 2.45) is 5.41 Å². The Morgan fingerprint density at radius 1 is 1.16 bits per heavy atom. The first-order chi connectivity index (χ1) is 9.34. The van der Waals surface area contributed by atoms with Crippen molar-refractivity contribution in [3.8, 4) is 5.75 Å². The molecular formula is C17H25NO. The molecule has 1 spiro atoms. The SMILES string of the molecule is CCOc1ccccc1NC1CCC12CCCCC2. The predicted octanol–water partition coefficient (Wildman–Crippen LogP) is 4.61. The van der Waals surface area contributed by atoms with E-state index >= 15 is 0 Å². The molecule has 0 heterocycles. The zero-order valence-electron chi connectivity index (χ0n) is 12.0. The number of ether oxygens (including phenoxy) is 1. The molecule has 1 aromatic carbocycles. The first-order valence-corrected chi connectivity index (χ1v) is 7.82. The number of anilines is 1. The Hall–Kier alpha value is -1.18. The summed E-state index contributed by atoms with van der Waals surface area (Å²) in [5, 5.41) is 3.77. The molecule has 0 aliphatic heterocycles. The van der Waals surface area contributed by atoms with Gasteiger partial charge in [-0.3, -0.25) is 0 Å². The van der Waals surface area contributed by atoms with Gasteiger partial charge in [0.1, 0.15) is 5.75 Å². The number of rotatable bonds is 4. The summed E-state index contributed by atoms with van der Waals surface area (Å²) < 4.78 is 5.72. The van der Waals surface area contributed by atoms with E-state index in [0.29, 0.717) is 11.5 Å². The highest BCUT2D eigenvalue weighted by Gasteiger charge is 2.46. The highest BCUT2D eigenvalue weighted by Crippen LogP contribution is 2.53. The molecule has 0 bridgehead atoms. The van der Waals surface area contributed by atoms with E-state index in [-0.39, 0.29) is 0 Å². The van der Waals surface area contributed by atoms with Crippen LogP contribution in [0.25, 0.3) is 0 Å². The molecule has 2 fully saturated rings. The van der Waals surface area contributed by atoms with Gasteiger partial charge in [-0.2, -0.15) is 0 Å². The van der Waals surface area contributed by atoms with Gasteiger partial charge in [-0.15, -0.1) is 0 Å². The molecule has 2 heteroatoms. The molecule has 0 amide bonds. The van der Waals surface area contributed by atoms with Crippen molar-refractivity contribution in [3.63, 3.8) is 0 Å². The van der Waals surface area contributed by atoms with E-state index in [1.165, 1.54) is 50.6 Å². The largest absolute Gasteiger partial charge is 0.492 e. The van der Waals surface area contributed by atoms with Crippen molar-refractivity contribution in [2.75, 3.05) is 11.9 Å². The van der Waals surface area contributed by atoms with Crippen LogP contribution in [0.3, 0.4) is 0 Å². The van der Waals surface area contributed by atoms with Gasteiger partial charge < -0.3 is 10.1 Å². The zero-order valence-corrected chi connectivity index (χ0v) is 12.0. The van der Waals surface area contributed by atoms with Gasteiger partial charge in [-0.1, -0.05) is 31.4 Å². The maximum atomic E-state index is 5.72. The number of hydrogen-bond donors (Lipinski definition) is 1. The van der Waals surface area contributed by atoms with Crippen LogP contribution in [0.4, 0.5) is 5.69 Å². The topological polar surface area (TPSA) is 21.3 Å². The van der Waals surface area contributed by atoms with Crippen LogP contribution in [0.15, 0.2) is 24.3 Å². The second kappa shape index (κ2) is 5.44. The van der Waals surface area contributed by atoms with E-state index < -0.39 is 0 Å². The van der Waals surface area contributed by atoms with E-state index in [0.717, 1.165) is 12.4 Å². The van der Waals surface area contributed by atoms with Crippen LogP contribution < -0.4 is 10.1 Å². The van der Waals surface area contributed by atoms with Gasteiger partial charge in [0.2, 0.25) is 0 Å². The van der Waals surface area contributed by atoms with E-state index in [4.69, 9.17) is 4.74 Å². The average Bonchev–Trinajstić information content (AvgIpc) is 2.46. The lowest BCUT2D eigenvalue weighted by Gasteiger charge is -2.52. The maximum Gasteiger partial charge on any atom is 0.142 e. The molecule has 3 rings (SSSR count). The summed E-state index contributed by atoms with van der Waals surface area (Å²) in [5.41, 5.74) is 1.77. The summed E-state index contributed by atoms with van der Waals surface area (Å²) >= 11 is 0. The Balaban J connectivity index is 1.71. The summed E-state index contributed by atoms with van der Waals surface area (Å²) in [6.07, 6.45) is 9.85. The van der Waals surface area contributed by atoms with Gasteiger partial charge in [-0.25, -0.2) is 0 Å². The normalized spacial score (nSPS) is 24.8. The van der Waals surface area contributed by atoms with Crippen LogP contribution in [0.2, 0.25) is 0 Å². The van der Waals surface area contributed by atoms with E-state index in [2.05, 4.69) is 23.5 Å². The van der Waals surface area contributed by atoms with Crippen molar-refractivity contribution >= 4 is 5.69 Å². The lowest BCUT2D eigenvalue weighted by molar-refractivity contribution is 0.0570. The van der Waals surface area contributed by atoms with Crippen LogP contribution in [0.1, 0.15) is 51.9 Å². The predicted molar refractivity (Wildman–Crippen MR) is 79.8 cm³/mol. The zero-order chi connectivity index (χ0) is 13.1. The Morgan fingerprint density at radius 2 is 1.95 bits per heavy atom. The minimum atomic E-state index is 0.595. The van der Waals surface area contributed by atoms with Crippen LogP contribution in [0.5, 0.6) is 5.75 Å². The molecule has 19 heavy (non-hydrogen) atoms. The fourth-order valence-corrected chi connectivity index (χ4v) is 3.83. The molecule has 0 saturated heterocycles. The third-order valence-electron chi connectivity index (χ3n) is 5.04. The van der Waals surface area contributed by atoms with Crippen LogP contribution in [-0.4, -0.2) is 12.6 Å². The summed E-state index contributed by atoms with van der Waals surface area (Å²) in [4.78, 5) is 0. The van der Waals surface area contributed by atoms with Crippen LogP contribution in [0, 0.1) is 5.41 Å². The summed E-state index contributed by atoms with van der Waals surface area (Å²) in [6.45, 7) is 2.78. The molecule has 0 radical (unpaired) electrons. The minimum Gasteiger partial charge on any atom is -0.492 e. The van der Waals surface area contributed by atoms with E-state index in [9.17, 15) is 0 Å². The van der Waals surface area contributed by atoms with Gasteiger partial charge in [-0.05, 0) is 50.2 Å².